The van der Waals surface area contributed by atoms with Crippen molar-refractivity contribution in [2.45, 2.75) is 13.8 Å². The summed E-state index contributed by atoms with van der Waals surface area (Å²) in [6.45, 7) is 4.87. The lowest BCUT2D eigenvalue weighted by molar-refractivity contribution is 0.336. The largest absolute Gasteiger partial charge is 0.494 e. The quantitative estimate of drug-likeness (QED) is 0.763. The lowest BCUT2D eigenvalue weighted by Gasteiger charge is -2.08. The average molecular weight is 234 g/mol. The maximum Gasteiger partial charge on any atom is 0.339 e. The first-order valence-electron chi connectivity index (χ1n) is 5.58. The summed E-state index contributed by atoms with van der Waals surface area (Å²) in [7, 11) is 0. The molecule has 0 fully saturated rings. The van der Waals surface area contributed by atoms with Crippen LogP contribution in [0.15, 0.2) is 33.5 Å². The maximum absolute atomic E-state index is 11.3. The van der Waals surface area contributed by atoms with E-state index in [1.807, 2.05) is 19.9 Å². The van der Waals surface area contributed by atoms with E-state index in [0.29, 0.717) is 24.5 Å². The molecule has 0 saturated heterocycles. The highest BCUT2D eigenvalue weighted by Gasteiger charge is 2.07. The minimum Gasteiger partial charge on any atom is -0.494 e. The summed E-state index contributed by atoms with van der Waals surface area (Å²) in [5.41, 5.74) is 0.0921. The molecule has 1 aromatic carbocycles. The van der Waals surface area contributed by atoms with Gasteiger partial charge in [-0.2, -0.15) is 0 Å². The van der Waals surface area contributed by atoms with E-state index >= 15 is 0 Å². The van der Waals surface area contributed by atoms with Crippen LogP contribution in [0.25, 0.3) is 11.0 Å². The molecule has 2 rings (SSSR count). The number of hydrogen-bond acceptors (Lipinski definition) is 4. The van der Waals surface area contributed by atoms with Gasteiger partial charge in [0, 0.05) is 0 Å². The number of fused-ring (bicyclic) bond motifs is 1. The summed E-state index contributed by atoms with van der Waals surface area (Å²) >= 11 is 0. The summed E-state index contributed by atoms with van der Waals surface area (Å²) in [6.07, 6.45) is 0. The predicted octanol–water partition coefficient (Wildman–Crippen LogP) is 2.59. The predicted molar refractivity (Wildman–Crippen MR) is 64.8 cm³/mol. The smallest absolute Gasteiger partial charge is 0.339 e. The zero-order valence-corrected chi connectivity index (χ0v) is 9.86. The van der Waals surface area contributed by atoms with E-state index in [1.54, 1.807) is 12.1 Å². The van der Waals surface area contributed by atoms with Crippen LogP contribution in [0.5, 0.6) is 11.5 Å². The molecule has 0 aliphatic rings. The zero-order valence-electron chi connectivity index (χ0n) is 9.86. The SMILES string of the molecule is CCOc1ccc2oc(=O)cc(OCC)c2c1. The fourth-order valence-electron chi connectivity index (χ4n) is 1.64. The topological polar surface area (TPSA) is 48.7 Å². The molecule has 0 amide bonds. The molecular weight excluding hydrogens is 220 g/mol. The molecule has 0 aliphatic carbocycles. The lowest BCUT2D eigenvalue weighted by atomic mass is 10.2. The van der Waals surface area contributed by atoms with Crippen molar-refractivity contribution < 1.29 is 13.9 Å². The van der Waals surface area contributed by atoms with Gasteiger partial charge in [-0.05, 0) is 32.0 Å². The lowest BCUT2D eigenvalue weighted by Crippen LogP contribution is -2.01. The van der Waals surface area contributed by atoms with Gasteiger partial charge < -0.3 is 13.9 Å². The fraction of sp³-hybridized carbons (Fsp3) is 0.308. The number of hydrogen-bond donors (Lipinski definition) is 0. The molecule has 4 nitrogen and oxygen atoms in total. The number of benzene rings is 1. The van der Waals surface area contributed by atoms with Crippen LogP contribution < -0.4 is 15.1 Å². The third-order valence-electron chi connectivity index (χ3n) is 2.29. The van der Waals surface area contributed by atoms with E-state index in [9.17, 15) is 4.79 Å². The molecule has 0 unspecified atom stereocenters. The highest BCUT2D eigenvalue weighted by Crippen LogP contribution is 2.27. The number of rotatable bonds is 4. The molecule has 0 N–H and O–H groups in total. The molecule has 0 radical (unpaired) electrons. The van der Waals surface area contributed by atoms with E-state index in [4.69, 9.17) is 13.9 Å². The molecule has 0 saturated carbocycles. The summed E-state index contributed by atoms with van der Waals surface area (Å²) in [5.74, 6) is 1.26. The van der Waals surface area contributed by atoms with Crippen molar-refractivity contribution in [3.63, 3.8) is 0 Å². The Morgan fingerprint density at radius 1 is 1.12 bits per heavy atom. The van der Waals surface area contributed by atoms with Crippen molar-refractivity contribution >= 4 is 11.0 Å². The van der Waals surface area contributed by atoms with Crippen LogP contribution in [0, 0.1) is 0 Å². The molecule has 4 heteroatoms. The highest BCUT2D eigenvalue weighted by atomic mass is 16.5. The van der Waals surface area contributed by atoms with Gasteiger partial charge in [-0.15, -0.1) is 0 Å². The average Bonchev–Trinajstić information content (AvgIpc) is 2.30. The standard InChI is InChI=1S/C13H14O4/c1-3-15-9-5-6-11-10(7-9)12(16-4-2)8-13(14)17-11/h5-8H,3-4H2,1-2H3. The normalized spacial score (nSPS) is 10.5. The van der Waals surface area contributed by atoms with Gasteiger partial charge in [0.05, 0.1) is 24.7 Å². The van der Waals surface area contributed by atoms with Crippen LogP contribution in [0.2, 0.25) is 0 Å². The molecule has 90 valence electrons. The van der Waals surface area contributed by atoms with E-state index in [1.165, 1.54) is 6.07 Å². The van der Waals surface area contributed by atoms with Gasteiger partial charge >= 0.3 is 5.63 Å². The van der Waals surface area contributed by atoms with Crippen molar-refractivity contribution in [3.8, 4) is 11.5 Å². The van der Waals surface area contributed by atoms with Crippen LogP contribution in [0.3, 0.4) is 0 Å². The molecule has 0 atom stereocenters. The molecular formula is C13H14O4. The van der Waals surface area contributed by atoms with Gasteiger partial charge in [0.15, 0.2) is 0 Å². The Morgan fingerprint density at radius 3 is 2.59 bits per heavy atom. The first-order chi connectivity index (χ1) is 8.24. The van der Waals surface area contributed by atoms with Crippen LogP contribution in [0.4, 0.5) is 0 Å². The van der Waals surface area contributed by atoms with Gasteiger partial charge in [0.25, 0.3) is 0 Å². The Kier molecular flexibility index (Phi) is 3.32. The van der Waals surface area contributed by atoms with Crippen LogP contribution in [-0.2, 0) is 0 Å². The minimum atomic E-state index is -0.412. The van der Waals surface area contributed by atoms with E-state index in [0.717, 1.165) is 11.1 Å². The van der Waals surface area contributed by atoms with Gasteiger partial charge in [0.2, 0.25) is 0 Å². The minimum absolute atomic E-state index is 0.412. The summed E-state index contributed by atoms with van der Waals surface area (Å²) < 4.78 is 15.9. The Labute approximate surface area is 98.8 Å². The van der Waals surface area contributed by atoms with Crippen molar-refractivity contribution in [2.75, 3.05) is 13.2 Å². The van der Waals surface area contributed by atoms with Gasteiger partial charge in [-0.3, -0.25) is 0 Å². The van der Waals surface area contributed by atoms with Crippen molar-refractivity contribution in [2.24, 2.45) is 0 Å². The van der Waals surface area contributed by atoms with Crippen molar-refractivity contribution in [1.82, 2.24) is 0 Å². The van der Waals surface area contributed by atoms with Gasteiger partial charge in [-0.1, -0.05) is 0 Å². The zero-order chi connectivity index (χ0) is 12.3. The Morgan fingerprint density at radius 2 is 1.88 bits per heavy atom. The molecule has 0 bridgehead atoms. The molecule has 0 aliphatic heterocycles. The molecule has 1 aromatic heterocycles. The first kappa shape index (κ1) is 11.5. The third-order valence-corrected chi connectivity index (χ3v) is 2.29. The third kappa shape index (κ3) is 2.41. The Bertz CT molecular complexity index is 571. The molecule has 0 spiro atoms. The highest BCUT2D eigenvalue weighted by molar-refractivity contribution is 5.84. The van der Waals surface area contributed by atoms with Crippen LogP contribution >= 0.6 is 0 Å². The van der Waals surface area contributed by atoms with E-state index in [-0.39, 0.29) is 0 Å². The van der Waals surface area contributed by atoms with Crippen LogP contribution in [0.1, 0.15) is 13.8 Å². The van der Waals surface area contributed by atoms with Crippen molar-refractivity contribution in [1.29, 1.82) is 0 Å². The second kappa shape index (κ2) is 4.91. The second-order valence-corrected chi connectivity index (χ2v) is 3.45. The second-order valence-electron chi connectivity index (χ2n) is 3.45. The molecule has 2 aromatic rings. The van der Waals surface area contributed by atoms with Gasteiger partial charge in [0.1, 0.15) is 17.1 Å². The Hall–Kier alpha value is -1.97. The fourth-order valence-corrected chi connectivity index (χ4v) is 1.64. The monoisotopic (exact) mass is 234 g/mol. The summed E-state index contributed by atoms with van der Waals surface area (Å²) in [5, 5.41) is 0.748. The maximum atomic E-state index is 11.3. The van der Waals surface area contributed by atoms with Crippen molar-refractivity contribution in [3.05, 3.63) is 34.7 Å². The summed E-state index contributed by atoms with van der Waals surface area (Å²) in [6, 6.07) is 6.64. The molecule has 1 heterocycles. The molecule has 17 heavy (non-hydrogen) atoms. The first-order valence-corrected chi connectivity index (χ1v) is 5.58. The van der Waals surface area contributed by atoms with Gasteiger partial charge in [-0.25, -0.2) is 4.79 Å². The number of ether oxygens (including phenoxy) is 2. The Balaban J connectivity index is 2.60. The van der Waals surface area contributed by atoms with E-state index in [2.05, 4.69) is 0 Å². The van der Waals surface area contributed by atoms with E-state index < -0.39 is 5.63 Å². The van der Waals surface area contributed by atoms with Crippen LogP contribution in [-0.4, -0.2) is 13.2 Å². The summed E-state index contributed by atoms with van der Waals surface area (Å²) in [4.78, 5) is 11.3.